The van der Waals surface area contributed by atoms with Gasteiger partial charge in [-0.1, -0.05) is 6.07 Å². The lowest BCUT2D eigenvalue weighted by atomic mass is 9.70. The second-order valence-corrected chi connectivity index (χ2v) is 5.30. The molecule has 2 fully saturated rings. The zero-order valence-electron chi connectivity index (χ0n) is 12.4. The number of imide groups is 2. The summed E-state index contributed by atoms with van der Waals surface area (Å²) in [5, 5.41) is 4.16. The van der Waals surface area contributed by atoms with E-state index in [1.807, 2.05) is 0 Å². The second kappa shape index (κ2) is 5.38. The average molecular weight is 318 g/mol. The molecule has 3 rings (SSSR count). The summed E-state index contributed by atoms with van der Waals surface area (Å²) in [5.41, 5.74) is 0.490. The van der Waals surface area contributed by atoms with Crippen molar-refractivity contribution in [2.24, 2.45) is 11.8 Å². The molecule has 2 aliphatic rings. The maximum atomic E-state index is 12.0. The molecule has 8 nitrogen and oxygen atoms in total. The van der Waals surface area contributed by atoms with Crippen molar-refractivity contribution in [3.05, 3.63) is 23.8 Å². The Morgan fingerprint density at radius 3 is 1.70 bits per heavy atom. The van der Waals surface area contributed by atoms with Crippen LogP contribution in [0.25, 0.3) is 0 Å². The quantitative estimate of drug-likeness (QED) is 0.565. The van der Waals surface area contributed by atoms with Crippen molar-refractivity contribution in [3.8, 4) is 11.5 Å². The molecule has 0 aromatic heterocycles. The lowest BCUT2D eigenvalue weighted by Crippen LogP contribution is -2.64. The van der Waals surface area contributed by atoms with E-state index >= 15 is 0 Å². The lowest BCUT2D eigenvalue weighted by molar-refractivity contribution is -0.155. The standard InChI is InChI=1S/C15H14N2O6/c1-22-7-4-3-6(5-8(7)23-2)9-10-12(18)16-14(20)11(9)15(21)17-13(10)19/h3-5,9-11H,1-2H3,(H,16,18,20)(H,17,19,21). The van der Waals surface area contributed by atoms with Gasteiger partial charge in [0.1, 0.15) is 11.8 Å². The molecule has 1 aromatic rings. The summed E-state index contributed by atoms with van der Waals surface area (Å²) < 4.78 is 10.3. The van der Waals surface area contributed by atoms with E-state index in [-0.39, 0.29) is 0 Å². The normalized spacial score (nSPS) is 26.4. The van der Waals surface area contributed by atoms with Gasteiger partial charge in [-0.05, 0) is 17.7 Å². The van der Waals surface area contributed by atoms with Crippen LogP contribution in [0.5, 0.6) is 11.5 Å². The summed E-state index contributed by atoms with van der Waals surface area (Å²) in [6, 6.07) is 4.79. The number of hydrogen-bond acceptors (Lipinski definition) is 6. The van der Waals surface area contributed by atoms with Crippen LogP contribution in [0.3, 0.4) is 0 Å². The molecule has 0 radical (unpaired) electrons. The number of methoxy groups -OCH3 is 2. The van der Waals surface area contributed by atoms with Crippen LogP contribution in [0.1, 0.15) is 11.5 Å². The number of carbonyl (C=O) groups is 4. The van der Waals surface area contributed by atoms with Crippen LogP contribution in [0.4, 0.5) is 0 Å². The minimum Gasteiger partial charge on any atom is -0.493 e. The zero-order chi connectivity index (χ0) is 16.7. The Bertz CT molecular complexity index is 667. The Morgan fingerprint density at radius 2 is 1.26 bits per heavy atom. The molecule has 23 heavy (non-hydrogen) atoms. The highest BCUT2D eigenvalue weighted by Crippen LogP contribution is 2.41. The number of nitrogens with one attached hydrogen (secondary N) is 2. The van der Waals surface area contributed by atoms with E-state index < -0.39 is 41.4 Å². The summed E-state index contributed by atoms with van der Waals surface area (Å²) in [7, 11) is 2.92. The predicted octanol–water partition coefficient (Wildman–Crippen LogP) is -0.667. The maximum absolute atomic E-state index is 12.0. The molecule has 1 aromatic carbocycles. The van der Waals surface area contributed by atoms with Gasteiger partial charge >= 0.3 is 0 Å². The highest BCUT2D eigenvalue weighted by atomic mass is 16.5. The van der Waals surface area contributed by atoms with E-state index in [4.69, 9.17) is 9.47 Å². The number of amides is 4. The van der Waals surface area contributed by atoms with Crippen LogP contribution in [0.15, 0.2) is 18.2 Å². The first-order valence-corrected chi connectivity index (χ1v) is 6.89. The van der Waals surface area contributed by atoms with Crippen LogP contribution in [-0.4, -0.2) is 37.8 Å². The molecular weight excluding hydrogens is 304 g/mol. The van der Waals surface area contributed by atoms with Gasteiger partial charge in [-0.15, -0.1) is 0 Å². The van der Waals surface area contributed by atoms with Gasteiger partial charge in [0.25, 0.3) is 0 Å². The largest absolute Gasteiger partial charge is 0.493 e. The van der Waals surface area contributed by atoms with Crippen molar-refractivity contribution in [3.63, 3.8) is 0 Å². The SMILES string of the molecule is COc1ccc(C2C3C(=O)NC(=O)C2C(=O)NC3=O)cc1OC. The molecule has 0 spiro atoms. The average Bonchev–Trinajstić information content (AvgIpc) is 2.52. The molecule has 2 bridgehead atoms. The van der Waals surface area contributed by atoms with Crippen LogP contribution in [-0.2, 0) is 19.2 Å². The van der Waals surface area contributed by atoms with Gasteiger partial charge in [0, 0.05) is 5.92 Å². The highest BCUT2D eigenvalue weighted by molar-refractivity contribution is 6.22. The number of carbonyl (C=O) groups excluding carboxylic acids is 4. The van der Waals surface area contributed by atoms with Crippen molar-refractivity contribution in [2.75, 3.05) is 14.2 Å². The Morgan fingerprint density at radius 1 is 0.783 bits per heavy atom. The van der Waals surface area contributed by atoms with Crippen molar-refractivity contribution in [2.45, 2.75) is 5.92 Å². The highest BCUT2D eigenvalue weighted by Gasteiger charge is 2.55. The van der Waals surface area contributed by atoms with Gasteiger partial charge < -0.3 is 9.47 Å². The van der Waals surface area contributed by atoms with E-state index in [0.717, 1.165) is 0 Å². The van der Waals surface area contributed by atoms with Gasteiger partial charge in [0.05, 0.1) is 14.2 Å². The van der Waals surface area contributed by atoms with Crippen molar-refractivity contribution in [1.29, 1.82) is 0 Å². The summed E-state index contributed by atoms with van der Waals surface area (Å²) in [4.78, 5) is 48.1. The third kappa shape index (κ3) is 2.23. The maximum Gasteiger partial charge on any atom is 0.239 e. The van der Waals surface area contributed by atoms with Crippen LogP contribution in [0, 0.1) is 11.8 Å². The summed E-state index contributed by atoms with van der Waals surface area (Å²) in [5.74, 6) is -5.16. The first-order chi connectivity index (χ1) is 11.0. The van der Waals surface area contributed by atoms with E-state index in [1.54, 1.807) is 18.2 Å². The Kier molecular flexibility index (Phi) is 3.51. The van der Waals surface area contributed by atoms with Crippen molar-refractivity contribution in [1.82, 2.24) is 10.6 Å². The molecular formula is C15H14N2O6. The second-order valence-electron chi connectivity index (χ2n) is 5.30. The van der Waals surface area contributed by atoms with E-state index in [9.17, 15) is 19.2 Å². The molecule has 8 heteroatoms. The van der Waals surface area contributed by atoms with E-state index in [2.05, 4.69) is 10.6 Å². The third-order valence-electron chi connectivity index (χ3n) is 4.13. The van der Waals surface area contributed by atoms with Gasteiger partial charge in [0.2, 0.25) is 23.6 Å². The molecule has 2 N–H and O–H groups in total. The van der Waals surface area contributed by atoms with Gasteiger partial charge in [0.15, 0.2) is 11.5 Å². The van der Waals surface area contributed by atoms with Crippen molar-refractivity contribution >= 4 is 23.6 Å². The molecule has 4 amide bonds. The van der Waals surface area contributed by atoms with Crippen LogP contribution < -0.4 is 20.1 Å². The number of ether oxygens (including phenoxy) is 2. The molecule has 2 heterocycles. The van der Waals surface area contributed by atoms with E-state index in [1.165, 1.54) is 14.2 Å². The minimum absolute atomic E-state index is 0.384. The molecule has 120 valence electrons. The van der Waals surface area contributed by atoms with E-state index in [0.29, 0.717) is 17.1 Å². The number of hydrogen-bond donors (Lipinski definition) is 2. The molecule has 0 unspecified atom stereocenters. The Hall–Kier alpha value is -2.90. The molecule has 0 saturated carbocycles. The first-order valence-electron chi connectivity index (χ1n) is 6.89. The summed E-state index contributed by atoms with van der Waals surface area (Å²) >= 11 is 0. The summed E-state index contributed by atoms with van der Waals surface area (Å²) in [6.07, 6.45) is 0. The topological polar surface area (TPSA) is 111 Å². The number of rotatable bonds is 3. The fourth-order valence-electron chi connectivity index (χ4n) is 3.08. The van der Waals surface area contributed by atoms with Gasteiger partial charge in [-0.2, -0.15) is 0 Å². The molecule has 2 saturated heterocycles. The fourth-order valence-corrected chi connectivity index (χ4v) is 3.08. The van der Waals surface area contributed by atoms with Gasteiger partial charge in [-0.25, -0.2) is 0 Å². The molecule has 2 aliphatic heterocycles. The van der Waals surface area contributed by atoms with Gasteiger partial charge in [-0.3, -0.25) is 29.8 Å². The lowest BCUT2D eigenvalue weighted by Gasteiger charge is -2.38. The predicted molar refractivity (Wildman–Crippen MR) is 75.6 cm³/mol. The number of fused-ring (bicyclic) bond motifs is 2. The smallest absolute Gasteiger partial charge is 0.239 e. The molecule has 0 atom stereocenters. The number of benzene rings is 1. The Labute approximate surface area is 131 Å². The van der Waals surface area contributed by atoms with Crippen LogP contribution in [0.2, 0.25) is 0 Å². The molecule has 0 aliphatic carbocycles. The monoisotopic (exact) mass is 318 g/mol. The number of piperidine rings is 2. The fraction of sp³-hybridized carbons (Fsp3) is 0.333. The Balaban J connectivity index is 2.12. The van der Waals surface area contributed by atoms with Crippen molar-refractivity contribution < 1.29 is 28.7 Å². The first kappa shape index (κ1) is 15.0. The minimum atomic E-state index is -1.14. The zero-order valence-corrected chi connectivity index (χ0v) is 12.4. The van der Waals surface area contributed by atoms with Crippen LogP contribution >= 0.6 is 0 Å². The summed E-state index contributed by atoms with van der Waals surface area (Å²) in [6.45, 7) is 0. The third-order valence-corrected chi connectivity index (χ3v) is 4.13.